The van der Waals surface area contributed by atoms with Crippen molar-refractivity contribution in [2.75, 3.05) is 0 Å². The first kappa shape index (κ1) is 13.7. The van der Waals surface area contributed by atoms with Crippen LogP contribution in [0.3, 0.4) is 0 Å². The Morgan fingerprint density at radius 1 is 1.59 bits per heavy atom. The van der Waals surface area contributed by atoms with Gasteiger partial charge in [-0.1, -0.05) is 25.9 Å². The van der Waals surface area contributed by atoms with Crippen LogP contribution in [0.15, 0.2) is 10.6 Å². The largest absolute Gasteiger partial charge is 0.359 e. The summed E-state index contributed by atoms with van der Waals surface area (Å²) in [5.41, 5.74) is 6.66. The molecule has 5 nitrogen and oxygen atoms in total. The Morgan fingerprint density at radius 2 is 2.24 bits per heavy atom. The number of nitrogens with zero attached hydrogens (tertiary/aromatic N) is 1. The van der Waals surface area contributed by atoms with Crippen LogP contribution in [-0.4, -0.2) is 17.1 Å². The zero-order chi connectivity index (χ0) is 13.1. The molecule has 1 unspecified atom stereocenters. The lowest BCUT2D eigenvalue weighted by Crippen LogP contribution is -2.39. The van der Waals surface area contributed by atoms with E-state index in [1.54, 1.807) is 6.07 Å². The van der Waals surface area contributed by atoms with Crippen LogP contribution in [-0.2, 0) is 11.3 Å². The van der Waals surface area contributed by atoms with E-state index < -0.39 is 0 Å². The molecule has 0 aliphatic heterocycles. The summed E-state index contributed by atoms with van der Waals surface area (Å²) in [4.78, 5) is 11.6. The van der Waals surface area contributed by atoms with Crippen molar-refractivity contribution < 1.29 is 9.32 Å². The lowest BCUT2D eigenvalue weighted by molar-refractivity contribution is -0.122. The van der Waals surface area contributed by atoms with Gasteiger partial charge in [-0.2, -0.15) is 0 Å². The smallest absolute Gasteiger partial charge is 0.221 e. The molecule has 1 atom stereocenters. The summed E-state index contributed by atoms with van der Waals surface area (Å²) in [6.45, 7) is 8.25. The highest BCUT2D eigenvalue weighted by Gasteiger charge is 2.23. The number of carbonyl (C=O) groups is 1. The third-order valence-corrected chi connectivity index (χ3v) is 2.65. The second-order valence-electron chi connectivity index (χ2n) is 5.39. The molecule has 0 fully saturated rings. The maximum absolute atomic E-state index is 11.6. The van der Waals surface area contributed by atoms with E-state index in [1.807, 2.05) is 27.7 Å². The van der Waals surface area contributed by atoms with Gasteiger partial charge in [0, 0.05) is 18.5 Å². The standard InChI is InChI=1S/C12H21N3O2/c1-8-5-9(17-15-8)7-14-11(16)6-10(13)12(2,3)4/h5,10H,6-7,13H2,1-4H3,(H,14,16). The van der Waals surface area contributed by atoms with Crippen molar-refractivity contribution in [2.45, 2.75) is 46.7 Å². The Balaban J connectivity index is 2.36. The van der Waals surface area contributed by atoms with E-state index in [-0.39, 0.29) is 17.4 Å². The van der Waals surface area contributed by atoms with Crippen LogP contribution in [0.4, 0.5) is 0 Å². The fourth-order valence-electron chi connectivity index (χ4n) is 1.26. The maximum atomic E-state index is 11.6. The van der Waals surface area contributed by atoms with Crippen LogP contribution in [0.2, 0.25) is 0 Å². The van der Waals surface area contributed by atoms with Gasteiger partial charge >= 0.3 is 0 Å². The molecule has 0 aromatic carbocycles. The summed E-state index contributed by atoms with van der Waals surface area (Å²) in [6, 6.07) is 1.64. The molecule has 1 aromatic rings. The quantitative estimate of drug-likeness (QED) is 0.831. The molecule has 0 aliphatic rings. The van der Waals surface area contributed by atoms with E-state index in [9.17, 15) is 4.79 Å². The maximum Gasteiger partial charge on any atom is 0.221 e. The van der Waals surface area contributed by atoms with Gasteiger partial charge in [0.1, 0.15) is 0 Å². The molecular formula is C12H21N3O2. The first-order valence-corrected chi connectivity index (χ1v) is 5.73. The topological polar surface area (TPSA) is 81.2 Å². The molecule has 0 saturated carbocycles. The third-order valence-electron chi connectivity index (χ3n) is 2.65. The van der Waals surface area contributed by atoms with E-state index >= 15 is 0 Å². The van der Waals surface area contributed by atoms with Gasteiger partial charge in [-0.05, 0) is 12.3 Å². The molecule has 3 N–H and O–H groups in total. The zero-order valence-electron chi connectivity index (χ0n) is 10.9. The minimum atomic E-state index is -0.154. The Labute approximate surface area is 102 Å². The number of rotatable bonds is 4. The highest BCUT2D eigenvalue weighted by Crippen LogP contribution is 2.19. The van der Waals surface area contributed by atoms with Crippen molar-refractivity contribution in [3.8, 4) is 0 Å². The van der Waals surface area contributed by atoms with Gasteiger partial charge in [0.15, 0.2) is 5.76 Å². The molecule has 96 valence electrons. The molecule has 17 heavy (non-hydrogen) atoms. The number of aryl methyl sites for hydroxylation is 1. The average molecular weight is 239 g/mol. The van der Waals surface area contributed by atoms with Gasteiger partial charge in [0.05, 0.1) is 12.2 Å². The van der Waals surface area contributed by atoms with Gasteiger partial charge in [-0.25, -0.2) is 0 Å². The van der Waals surface area contributed by atoms with Gasteiger partial charge in [-0.15, -0.1) is 0 Å². The van der Waals surface area contributed by atoms with Crippen LogP contribution in [0.25, 0.3) is 0 Å². The van der Waals surface area contributed by atoms with E-state index in [4.69, 9.17) is 10.3 Å². The minimum Gasteiger partial charge on any atom is -0.359 e. The Bertz CT molecular complexity index is 379. The number of nitrogens with one attached hydrogen (secondary N) is 1. The van der Waals surface area contributed by atoms with Gasteiger partial charge in [0.2, 0.25) is 5.91 Å². The summed E-state index contributed by atoms with van der Waals surface area (Å²) >= 11 is 0. The summed E-state index contributed by atoms with van der Waals surface area (Å²) < 4.78 is 4.99. The number of amides is 1. The highest BCUT2D eigenvalue weighted by atomic mass is 16.5. The third kappa shape index (κ3) is 4.56. The predicted molar refractivity (Wildman–Crippen MR) is 65.1 cm³/mol. The van der Waals surface area contributed by atoms with E-state index in [0.717, 1.165) is 5.69 Å². The molecule has 0 radical (unpaired) electrons. The average Bonchev–Trinajstić information content (AvgIpc) is 2.60. The molecule has 0 bridgehead atoms. The van der Waals surface area contributed by atoms with Crippen molar-refractivity contribution in [1.82, 2.24) is 10.5 Å². The number of carbonyl (C=O) groups excluding carboxylic acids is 1. The van der Waals surface area contributed by atoms with Crippen LogP contribution in [0.1, 0.15) is 38.6 Å². The van der Waals surface area contributed by atoms with E-state index in [1.165, 1.54) is 0 Å². The van der Waals surface area contributed by atoms with Gasteiger partial charge in [-0.3, -0.25) is 4.79 Å². The fraction of sp³-hybridized carbons (Fsp3) is 0.667. The summed E-state index contributed by atoms with van der Waals surface area (Å²) in [5, 5.41) is 6.51. The minimum absolute atomic E-state index is 0.0681. The van der Waals surface area contributed by atoms with Crippen LogP contribution < -0.4 is 11.1 Å². The SMILES string of the molecule is Cc1cc(CNC(=O)CC(N)C(C)(C)C)on1. The molecule has 5 heteroatoms. The Morgan fingerprint density at radius 3 is 2.71 bits per heavy atom. The Kier molecular flexibility index (Phi) is 4.28. The summed E-state index contributed by atoms with van der Waals surface area (Å²) in [6.07, 6.45) is 0.316. The highest BCUT2D eigenvalue weighted by molar-refractivity contribution is 5.76. The zero-order valence-corrected chi connectivity index (χ0v) is 10.9. The second-order valence-corrected chi connectivity index (χ2v) is 5.39. The van der Waals surface area contributed by atoms with Crippen LogP contribution >= 0.6 is 0 Å². The lowest BCUT2D eigenvalue weighted by atomic mass is 9.85. The lowest BCUT2D eigenvalue weighted by Gasteiger charge is -2.26. The first-order valence-electron chi connectivity index (χ1n) is 5.73. The van der Waals surface area contributed by atoms with Crippen molar-refractivity contribution in [2.24, 2.45) is 11.1 Å². The molecule has 1 heterocycles. The molecule has 0 spiro atoms. The fourth-order valence-corrected chi connectivity index (χ4v) is 1.26. The van der Waals surface area contributed by atoms with Crippen molar-refractivity contribution >= 4 is 5.91 Å². The van der Waals surface area contributed by atoms with Crippen molar-refractivity contribution in [3.63, 3.8) is 0 Å². The normalized spacial score (nSPS) is 13.5. The molecule has 1 rings (SSSR count). The molecule has 1 amide bonds. The number of hydrogen-bond donors (Lipinski definition) is 2. The van der Waals surface area contributed by atoms with E-state index in [2.05, 4.69) is 10.5 Å². The molecule has 1 aromatic heterocycles. The predicted octanol–water partition coefficient (Wildman–Crippen LogP) is 1.36. The molecular weight excluding hydrogens is 218 g/mol. The van der Waals surface area contributed by atoms with Gasteiger partial charge in [0.25, 0.3) is 0 Å². The first-order chi connectivity index (χ1) is 7.79. The number of nitrogens with two attached hydrogens (primary N) is 1. The van der Waals surface area contributed by atoms with Crippen molar-refractivity contribution in [3.05, 3.63) is 17.5 Å². The summed E-state index contributed by atoms with van der Waals surface area (Å²) in [5.74, 6) is 0.585. The molecule has 0 aliphatic carbocycles. The Hall–Kier alpha value is -1.36. The number of hydrogen-bond acceptors (Lipinski definition) is 4. The molecule has 0 saturated heterocycles. The monoisotopic (exact) mass is 239 g/mol. The van der Waals surface area contributed by atoms with Crippen LogP contribution in [0.5, 0.6) is 0 Å². The number of aromatic nitrogens is 1. The second kappa shape index (κ2) is 5.31. The van der Waals surface area contributed by atoms with Gasteiger partial charge < -0.3 is 15.6 Å². The van der Waals surface area contributed by atoms with Crippen molar-refractivity contribution in [1.29, 1.82) is 0 Å². The van der Waals surface area contributed by atoms with E-state index in [0.29, 0.717) is 18.7 Å². The summed E-state index contributed by atoms with van der Waals surface area (Å²) in [7, 11) is 0. The van der Waals surface area contributed by atoms with Crippen LogP contribution in [0, 0.1) is 12.3 Å².